The van der Waals surface area contributed by atoms with Crippen molar-refractivity contribution in [3.63, 3.8) is 0 Å². The largest absolute Gasteiger partial charge is 0.339 e. The second kappa shape index (κ2) is 8.57. The maximum Gasteiger partial charge on any atom is 0.253 e. The van der Waals surface area contributed by atoms with E-state index in [0.717, 1.165) is 47.8 Å². The number of hydrogen-bond donors (Lipinski definition) is 1. The fourth-order valence-electron chi connectivity index (χ4n) is 3.51. The normalized spacial score (nSPS) is 13.5. The summed E-state index contributed by atoms with van der Waals surface area (Å²) in [5, 5.41) is 5.98. The fourth-order valence-corrected chi connectivity index (χ4v) is 4.13. The van der Waals surface area contributed by atoms with Gasteiger partial charge in [-0.05, 0) is 43.5 Å². The Kier molecular flexibility index (Phi) is 5.71. The van der Waals surface area contributed by atoms with E-state index in [-0.39, 0.29) is 18.2 Å². The molecule has 5 nitrogen and oxygen atoms in total. The smallest absolute Gasteiger partial charge is 0.253 e. The first-order valence-corrected chi connectivity index (χ1v) is 10.7. The molecule has 0 spiro atoms. The van der Waals surface area contributed by atoms with Crippen LogP contribution in [-0.4, -0.2) is 34.8 Å². The van der Waals surface area contributed by atoms with Crippen molar-refractivity contribution in [1.82, 2.24) is 9.88 Å². The predicted molar refractivity (Wildman–Crippen MR) is 116 cm³/mol. The van der Waals surface area contributed by atoms with Crippen molar-refractivity contribution in [2.45, 2.75) is 26.2 Å². The lowest BCUT2D eigenvalue weighted by Crippen LogP contribution is -2.27. The lowest BCUT2D eigenvalue weighted by Gasteiger charge is -2.15. The molecule has 0 aliphatic carbocycles. The Bertz CT molecular complexity index is 1020. The van der Waals surface area contributed by atoms with Gasteiger partial charge in [0.05, 0.1) is 17.1 Å². The number of aryl methyl sites for hydroxylation is 1. The molecule has 0 unspecified atom stereocenters. The van der Waals surface area contributed by atoms with Gasteiger partial charge in [0.2, 0.25) is 5.91 Å². The van der Waals surface area contributed by atoms with Crippen LogP contribution in [0.2, 0.25) is 0 Å². The summed E-state index contributed by atoms with van der Waals surface area (Å²) in [4.78, 5) is 31.3. The first-order valence-electron chi connectivity index (χ1n) is 9.79. The van der Waals surface area contributed by atoms with Crippen molar-refractivity contribution in [2.24, 2.45) is 0 Å². The molecule has 1 aliphatic heterocycles. The zero-order chi connectivity index (χ0) is 20.2. The number of hydrogen-bond acceptors (Lipinski definition) is 4. The van der Waals surface area contributed by atoms with Gasteiger partial charge in [-0.25, -0.2) is 4.98 Å². The van der Waals surface area contributed by atoms with E-state index < -0.39 is 0 Å². The molecule has 4 rings (SSSR count). The maximum absolute atomic E-state index is 12.5. The topological polar surface area (TPSA) is 62.3 Å². The molecule has 1 fully saturated rings. The van der Waals surface area contributed by atoms with Crippen LogP contribution in [0.4, 0.5) is 5.69 Å². The summed E-state index contributed by atoms with van der Waals surface area (Å²) < 4.78 is 0. The molecule has 0 atom stereocenters. The summed E-state index contributed by atoms with van der Waals surface area (Å²) in [6.07, 6.45) is 2.40. The summed E-state index contributed by atoms with van der Waals surface area (Å²) >= 11 is 1.62. The number of amides is 2. The first kappa shape index (κ1) is 19.3. The number of nitrogens with zero attached hydrogens (tertiary/aromatic N) is 2. The van der Waals surface area contributed by atoms with E-state index in [4.69, 9.17) is 0 Å². The SMILES string of the molecule is Cc1nc(-c2ccc(CC(=O)Nc3cccc(C(=O)N4CCCC4)c3)cc2)cs1. The highest BCUT2D eigenvalue weighted by Gasteiger charge is 2.19. The van der Waals surface area contributed by atoms with Gasteiger partial charge in [0.15, 0.2) is 0 Å². The minimum absolute atomic E-state index is 0.0338. The monoisotopic (exact) mass is 405 g/mol. The van der Waals surface area contributed by atoms with Crippen LogP contribution in [-0.2, 0) is 11.2 Å². The number of benzene rings is 2. The van der Waals surface area contributed by atoms with Gasteiger partial charge in [-0.1, -0.05) is 30.3 Å². The van der Waals surface area contributed by atoms with Crippen LogP contribution in [0.25, 0.3) is 11.3 Å². The van der Waals surface area contributed by atoms with Crippen LogP contribution in [0, 0.1) is 6.92 Å². The van der Waals surface area contributed by atoms with Gasteiger partial charge in [0.25, 0.3) is 5.91 Å². The maximum atomic E-state index is 12.5. The number of anilines is 1. The van der Waals surface area contributed by atoms with Gasteiger partial charge in [-0.2, -0.15) is 0 Å². The Morgan fingerprint density at radius 3 is 2.55 bits per heavy atom. The molecule has 2 aromatic carbocycles. The van der Waals surface area contributed by atoms with Gasteiger partial charge >= 0.3 is 0 Å². The third-order valence-corrected chi connectivity index (χ3v) is 5.79. The summed E-state index contributed by atoms with van der Waals surface area (Å²) in [5.74, 6) is -0.0699. The number of carbonyl (C=O) groups excluding carboxylic acids is 2. The number of carbonyl (C=O) groups is 2. The summed E-state index contributed by atoms with van der Waals surface area (Å²) in [6.45, 7) is 3.61. The van der Waals surface area contributed by atoms with Crippen LogP contribution in [0.3, 0.4) is 0 Å². The lowest BCUT2D eigenvalue weighted by molar-refractivity contribution is -0.115. The Balaban J connectivity index is 1.38. The molecule has 2 amide bonds. The summed E-state index contributed by atoms with van der Waals surface area (Å²) in [5.41, 5.74) is 4.21. The molecule has 29 heavy (non-hydrogen) atoms. The lowest BCUT2D eigenvalue weighted by atomic mass is 10.1. The van der Waals surface area contributed by atoms with Crippen LogP contribution in [0.1, 0.15) is 33.8 Å². The van der Waals surface area contributed by atoms with Crippen LogP contribution in [0.15, 0.2) is 53.9 Å². The standard InChI is InChI=1S/C23H23N3O2S/c1-16-24-21(15-29-16)18-9-7-17(8-10-18)13-22(27)25-20-6-4-5-19(14-20)23(28)26-11-2-3-12-26/h4-10,14-15H,2-3,11-13H2,1H3,(H,25,27). The molecule has 6 heteroatoms. The molecule has 1 aliphatic rings. The molecule has 0 bridgehead atoms. The number of thiazole rings is 1. The van der Waals surface area contributed by atoms with E-state index in [1.165, 1.54) is 0 Å². The average molecular weight is 406 g/mol. The summed E-state index contributed by atoms with van der Waals surface area (Å²) in [7, 11) is 0. The van der Waals surface area contributed by atoms with Crippen molar-refractivity contribution >= 4 is 28.8 Å². The van der Waals surface area contributed by atoms with Crippen molar-refractivity contribution in [1.29, 1.82) is 0 Å². The molecule has 0 saturated carbocycles. The van der Waals surface area contributed by atoms with E-state index >= 15 is 0 Å². The third-order valence-electron chi connectivity index (χ3n) is 5.02. The fraction of sp³-hybridized carbons (Fsp3) is 0.261. The number of nitrogens with one attached hydrogen (secondary N) is 1. The molecule has 1 aromatic heterocycles. The highest BCUT2D eigenvalue weighted by Crippen LogP contribution is 2.22. The quantitative estimate of drug-likeness (QED) is 0.678. The second-order valence-corrected chi connectivity index (χ2v) is 8.32. The van der Waals surface area contributed by atoms with E-state index in [0.29, 0.717) is 11.3 Å². The Morgan fingerprint density at radius 1 is 1.10 bits per heavy atom. The van der Waals surface area contributed by atoms with Crippen molar-refractivity contribution in [3.05, 3.63) is 70.0 Å². The van der Waals surface area contributed by atoms with E-state index in [1.54, 1.807) is 23.5 Å². The first-order chi connectivity index (χ1) is 14.1. The van der Waals surface area contributed by atoms with Crippen LogP contribution < -0.4 is 5.32 Å². The van der Waals surface area contributed by atoms with Gasteiger partial charge < -0.3 is 10.2 Å². The Hall–Kier alpha value is -2.99. The molecular formula is C23H23N3O2S. The Morgan fingerprint density at radius 2 is 1.86 bits per heavy atom. The van der Waals surface area contributed by atoms with Crippen molar-refractivity contribution in [3.8, 4) is 11.3 Å². The molecule has 3 aromatic rings. The number of likely N-dealkylation sites (tertiary alicyclic amines) is 1. The Labute approximate surface area is 174 Å². The van der Waals surface area contributed by atoms with Gasteiger partial charge in [-0.15, -0.1) is 11.3 Å². The zero-order valence-corrected chi connectivity index (χ0v) is 17.2. The molecule has 2 heterocycles. The van der Waals surface area contributed by atoms with Crippen molar-refractivity contribution < 1.29 is 9.59 Å². The third kappa shape index (κ3) is 4.71. The van der Waals surface area contributed by atoms with Crippen molar-refractivity contribution in [2.75, 3.05) is 18.4 Å². The van der Waals surface area contributed by atoms with E-state index in [1.807, 2.05) is 53.6 Å². The van der Waals surface area contributed by atoms with Crippen LogP contribution in [0.5, 0.6) is 0 Å². The van der Waals surface area contributed by atoms with E-state index in [9.17, 15) is 9.59 Å². The molecule has 1 saturated heterocycles. The highest BCUT2D eigenvalue weighted by molar-refractivity contribution is 7.09. The average Bonchev–Trinajstić information content (AvgIpc) is 3.40. The minimum atomic E-state index is -0.104. The number of aromatic nitrogens is 1. The zero-order valence-electron chi connectivity index (χ0n) is 16.4. The van der Waals surface area contributed by atoms with E-state index in [2.05, 4.69) is 10.3 Å². The van der Waals surface area contributed by atoms with Gasteiger partial charge in [0, 0.05) is 35.3 Å². The molecule has 148 valence electrons. The predicted octanol–water partition coefficient (Wildman–Crippen LogP) is 4.54. The molecule has 1 N–H and O–H groups in total. The number of rotatable bonds is 5. The second-order valence-electron chi connectivity index (χ2n) is 7.25. The molecular weight excluding hydrogens is 382 g/mol. The summed E-state index contributed by atoms with van der Waals surface area (Å²) in [6, 6.07) is 15.1. The molecule has 0 radical (unpaired) electrons. The highest BCUT2D eigenvalue weighted by atomic mass is 32.1. The minimum Gasteiger partial charge on any atom is -0.339 e. The van der Waals surface area contributed by atoms with Crippen LogP contribution >= 0.6 is 11.3 Å². The van der Waals surface area contributed by atoms with Gasteiger partial charge in [0.1, 0.15) is 0 Å². The van der Waals surface area contributed by atoms with Gasteiger partial charge in [-0.3, -0.25) is 9.59 Å².